The molecule has 30 heavy (non-hydrogen) atoms. The van der Waals surface area contributed by atoms with Gasteiger partial charge in [-0.05, 0) is 44.0 Å². The minimum atomic E-state index is -0.318. The lowest BCUT2D eigenvalue weighted by molar-refractivity contribution is -0.120. The highest BCUT2D eigenvalue weighted by molar-refractivity contribution is 8.00. The Kier molecular flexibility index (Phi) is 5.86. The maximum absolute atomic E-state index is 12.7. The number of fused-ring (bicyclic) bond motifs is 1. The number of aromatic nitrogens is 2. The Bertz CT molecular complexity index is 1170. The molecule has 2 aromatic carbocycles. The highest BCUT2D eigenvalue weighted by atomic mass is 32.2. The highest BCUT2D eigenvalue weighted by Crippen LogP contribution is 2.34. The van der Waals surface area contributed by atoms with Crippen molar-refractivity contribution < 1.29 is 9.21 Å². The van der Waals surface area contributed by atoms with Crippen molar-refractivity contribution in [3.05, 3.63) is 77.7 Å². The summed E-state index contributed by atoms with van der Waals surface area (Å²) in [5.74, 6) is 1.34. The van der Waals surface area contributed by atoms with Crippen LogP contribution in [0.2, 0.25) is 0 Å². The van der Waals surface area contributed by atoms with Gasteiger partial charge in [0.15, 0.2) is 5.82 Å². The normalized spacial score (nSPS) is 12.1. The number of benzene rings is 2. The third-order valence-electron chi connectivity index (χ3n) is 4.93. The summed E-state index contributed by atoms with van der Waals surface area (Å²) in [6.45, 7) is 6.37. The molecule has 1 amide bonds. The summed E-state index contributed by atoms with van der Waals surface area (Å²) in [6.07, 6.45) is 1.60. The molecule has 0 spiro atoms. The van der Waals surface area contributed by atoms with E-state index in [-0.39, 0.29) is 11.2 Å². The molecule has 4 aromatic rings. The van der Waals surface area contributed by atoms with Gasteiger partial charge in [0.25, 0.3) is 0 Å². The first-order chi connectivity index (χ1) is 14.5. The van der Waals surface area contributed by atoms with E-state index in [1.165, 1.54) is 11.8 Å². The van der Waals surface area contributed by atoms with E-state index in [1.807, 2.05) is 49.4 Å². The molecule has 2 aromatic heterocycles. The summed E-state index contributed by atoms with van der Waals surface area (Å²) < 4.78 is 5.29. The van der Waals surface area contributed by atoms with E-state index >= 15 is 0 Å². The zero-order valence-corrected chi connectivity index (χ0v) is 18.0. The maximum Gasteiger partial charge on any atom is 0.233 e. The fraction of sp³-hybridized carbons (Fsp3) is 0.208. The third-order valence-corrected chi connectivity index (χ3v) is 6.02. The number of hydrogen-bond acceptors (Lipinski definition) is 5. The van der Waals surface area contributed by atoms with Crippen LogP contribution in [0.15, 0.2) is 70.3 Å². The molecule has 1 N–H and O–H groups in total. The Balaban J connectivity index is 1.68. The number of rotatable bonds is 6. The van der Waals surface area contributed by atoms with Gasteiger partial charge in [-0.3, -0.25) is 4.79 Å². The summed E-state index contributed by atoms with van der Waals surface area (Å²) in [4.78, 5) is 22.4. The number of thioether (sulfide) groups is 1. The van der Waals surface area contributed by atoms with E-state index in [1.54, 1.807) is 6.26 Å². The van der Waals surface area contributed by atoms with Crippen LogP contribution < -0.4 is 5.32 Å². The van der Waals surface area contributed by atoms with Crippen LogP contribution in [0.5, 0.6) is 0 Å². The van der Waals surface area contributed by atoms with Crippen LogP contribution in [0.1, 0.15) is 23.8 Å². The lowest BCUT2D eigenvalue weighted by Crippen LogP contribution is -2.30. The first-order valence-corrected chi connectivity index (χ1v) is 10.7. The lowest BCUT2D eigenvalue weighted by atomic mass is 10.1. The van der Waals surface area contributed by atoms with Crippen LogP contribution in [0.4, 0.5) is 0 Å². The van der Waals surface area contributed by atoms with E-state index in [9.17, 15) is 4.79 Å². The zero-order chi connectivity index (χ0) is 21.1. The minimum Gasteiger partial charge on any atom is -0.467 e. The fourth-order valence-corrected chi connectivity index (χ4v) is 4.29. The topological polar surface area (TPSA) is 68.0 Å². The van der Waals surface area contributed by atoms with Crippen molar-refractivity contribution in [1.29, 1.82) is 0 Å². The highest BCUT2D eigenvalue weighted by Gasteiger charge is 2.20. The molecule has 0 aliphatic heterocycles. The molecule has 0 radical (unpaired) electrons. The van der Waals surface area contributed by atoms with Crippen molar-refractivity contribution in [2.45, 2.75) is 37.6 Å². The molecule has 0 saturated carbocycles. The van der Waals surface area contributed by atoms with Gasteiger partial charge in [-0.25, -0.2) is 9.97 Å². The number of hydrogen-bond donors (Lipinski definition) is 1. The number of furan rings is 1. The molecule has 0 saturated heterocycles. The molecule has 2 heterocycles. The van der Waals surface area contributed by atoms with E-state index in [2.05, 4.69) is 31.3 Å². The van der Waals surface area contributed by atoms with Crippen molar-refractivity contribution in [3.63, 3.8) is 0 Å². The van der Waals surface area contributed by atoms with Gasteiger partial charge >= 0.3 is 0 Å². The van der Waals surface area contributed by atoms with Gasteiger partial charge in [-0.2, -0.15) is 0 Å². The SMILES string of the molecule is Cc1ccc(C)c2c(S[C@H](C)C(=O)NCc3ccco3)nc(-c3ccccc3)nc12. The Morgan fingerprint density at radius 3 is 2.53 bits per heavy atom. The largest absolute Gasteiger partial charge is 0.467 e. The van der Waals surface area contributed by atoms with Crippen LogP contribution >= 0.6 is 11.8 Å². The van der Waals surface area contributed by atoms with Crippen molar-refractivity contribution in [2.24, 2.45) is 0 Å². The number of carbonyl (C=O) groups excluding carboxylic acids is 1. The van der Waals surface area contributed by atoms with Gasteiger partial charge in [0.1, 0.15) is 10.8 Å². The van der Waals surface area contributed by atoms with Gasteiger partial charge < -0.3 is 9.73 Å². The number of carbonyl (C=O) groups is 1. The summed E-state index contributed by atoms with van der Waals surface area (Å²) >= 11 is 1.46. The minimum absolute atomic E-state index is 0.0604. The lowest BCUT2D eigenvalue weighted by Gasteiger charge is -2.15. The van der Waals surface area contributed by atoms with Crippen molar-refractivity contribution in [2.75, 3.05) is 0 Å². The monoisotopic (exact) mass is 417 g/mol. The fourth-order valence-electron chi connectivity index (χ4n) is 3.25. The smallest absolute Gasteiger partial charge is 0.233 e. The molecule has 6 heteroatoms. The molecule has 152 valence electrons. The summed E-state index contributed by atoms with van der Waals surface area (Å²) in [6, 6.07) is 17.7. The predicted octanol–water partition coefficient (Wildman–Crippen LogP) is 5.30. The summed E-state index contributed by atoms with van der Waals surface area (Å²) in [5, 5.41) is 4.44. The van der Waals surface area contributed by atoms with Crippen molar-refractivity contribution in [3.8, 4) is 11.4 Å². The van der Waals surface area contributed by atoms with Crippen LogP contribution in [-0.4, -0.2) is 21.1 Å². The number of nitrogens with zero attached hydrogens (tertiary/aromatic N) is 2. The molecule has 0 bridgehead atoms. The second-order valence-corrected chi connectivity index (χ2v) is 8.53. The van der Waals surface area contributed by atoms with E-state index < -0.39 is 0 Å². The molecule has 0 aliphatic carbocycles. The molecule has 4 rings (SSSR count). The van der Waals surface area contributed by atoms with Crippen molar-refractivity contribution >= 4 is 28.6 Å². The zero-order valence-electron chi connectivity index (χ0n) is 17.2. The van der Waals surface area contributed by atoms with E-state index in [0.29, 0.717) is 12.4 Å². The Morgan fingerprint density at radius 1 is 1.03 bits per heavy atom. The van der Waals surface area contributed by atoms with Gasteiger partial charge in [0.2, 0.25) is 5.91 Å². The summed E-state index contributed by atoms with van der Waals surface area (Å²) in [7, 11) is 0. The Labute approximate surface area is 179 Å². The molecule has 1 atom stereocenters. The van der Waals surface area contributed by atoms with Gasteiger partial charge in [0, 0.05) is 10.9 Å². The van der Waals surface area contributed by atoms with Crippen LogP contribution in [0.25, 0.3) is 22.3 Å². The standard InChI is InChI=1S/C24H23N3O2S/c1-15-11-12-16(2)21-20(15)24(27-22(26-21)18-8-5-4-6-9-18)30-17(3)23(28)25-14-19-10-7-13-29-19/h4-13,17H,14H2,1-3H3,(H,25,28)/t17-/m1/s1. The van der Waals surface area contributed by atoms with Gasteiger partial charge in [-0.1, -0.05) is 54.2 Å². The van der Waals surface area contributed by atoms with Gasteiger partial charge in [0.05, 0.1) is 23.6 Å². The Hall–Kier alpha value is -3.12. The van der Waals surface area contributed by atoms with Crippen LogP contribution in [-0.2, 0) is 11.3 Å². The quantitative estimate of drug-likeness (QED) is 0.340. The maximum atomic E-state index is 12.7. The number of nitrogens with one attached hydrogen (secondary N) is 1. The second-order valence-electron chi connectivity index (χ2n) is 7.20. The average Bonchev–Trinajstić information content (AvgIpc) is 3.28. The number of aryl methyl sites for hydroxylation is 2. The summed E-state index contributed by atoms with van der Waals surface area (Å²) in [5.41, 5.74) is 4.07. The molecular formula is C24H23N3O2S. The predicted molar refractivity (Wildman–Crippen MR) is 120 cm³/mol. The molecule has 0 fully saturated rings. The third kappa shape index (κ3) is 4.24. The first kappa shape index (κ1) is 20.2. The second kappa shape index (κ2) is 8.71. The van der Waals surface area contributed by atoms with Gasteiger partial charge in [-0.15, -0.1) is 0 Å². The molecule has 0 unspecified atom stereocenters. The van der Waals surface area contributed by atoms with Crippen molar-refractivity contribution in [1.82, 2.24) is 15.3 Å². The average molecular weight is 418 g/mol. The van der Waals surface area contributed by atoms with Crippen LogP contribution in [0.3, 0.4) is 0 Å². The molecule has 5 nitrogen and oxygen atoms in total. The number of amides is 1. The molecule has 0 aliphatic rings. The van der Waals surface area contributed by atoms with Crippen LogP contribution in [0, 0.1) is 13.8 Å². The van der Waals surface area contributed by atoms with E-state index in [0.717, 1.165) is 38.4 Å². The van der Waals surface area contributed by atoms with E-state index in [4.69, 9.17) is 14.4 Å². The Morgan fingerprint density at radius 2 is 1.80 bits per heavy atom. The molecular weight excluding hydrogens is 394 g/mol. The first-order valence-electron chi connectivity index (χ1n) is 9.83.